The summed E-state index contributed by atoms with van der Waals surface area (Å²) in [5, 5.41) is 2.94. The lowest BCUT2D eigenvalue weighted by molar-refractivity contribution is -0.120. The number of benzene rings is 3. The normalized spacial score (nSPS) is 15.1. The Labute approximate surface area is 209 Å². The lowest BCUT2D eigenvalue weighted by Gasteiger charge is -2.30. The molecule has 1 heterocycles. The van der Waals surface area contributed by atoms with Crippen LogP contribution < -0.4 is 10.1 Å². The fourth-order valence-electron chi connectivity index (χ4n) is 3.90. The van der Waals surface area contributed by atoms with Gasteiger partial charge in [-0.15, -0.1) is 0 Å². The topological polar surface area (TPSA) is 75.7 Å². The molecule has 3 aromatic rings. The molecule has 1 fully saturated rings. The summed E-state index contributed by atoms with van der Waals surface area (Å²) < 4.78 is 33.8. The van der Waals surface area contributed by atoms with E-state index in [0.717, 1.165) is 21.3 Å². The third kappa shape index (κ3) is 6.68. The molecule has 0 spiro atoms. The highest BCUT2D eigenvalue weighted by molar-refractivity contribution is 9.10. The number of nitrogens with one attached hydrogen (secondary N) is 1. The number of ether oxygens (including phenoxy) is 1. The largest absolute Gasteiger partial charge is 0.489 e. The Balaban J connectivity index is 1.25. The molecule has 1 aliphatic rings. The Bertz CT molecular complexity index is 1190. The zero-order chi connectivity index (χ0) is 24.0. The summed E-state index contributed by atoms with van der Waals surface area (Å²) in [6, 6.07) is 24.5. The molecule has 1 aliphatic heterocycles. The highest BCUT2D eigenvalue weighted by atomic mass is 79.9. The Morgan fingerprint density at radius 3 is 2.21 bits per heavy atom. The molecule has 0 atom stereocenters. The maximum Gasteiger partial charge on any atom is 0.227 e. The van der Waals surface area contributed by atoms with E-state index in [4.69, 9.17) is 4.74 Å². The van der Waals surface area contributed by atoms with Gasteiger partial charge in [-0.1, -0.05) is 58.4 Å². The fraction of sp³-hybridized carbons (Fsp3) is 0.269. The van der Waals surface area contributed by atoms with Crippen LogP contribution in [-0.4, -0.2) is 31.7 Å². The molecule has 0 bridgehead atoms. The van der Waals surface area contributed by atoms with Crippen LogP contribution in [0.25, 0.3) is 0 Å². The molecular weight excluding hydrogens is 516 g/mol. The van der Waals surface area contributed by atoms with Crippen LogP contribution in [0.4, 0.5) is 5.69 Å². The van der Waals surface area contributed by atoms with E-state index in [9.17, 15) is 13.2 Å². The first-order valence-corrected chi connectivity index (χ1v) is 13.6. The summed E-state index contributed by atoms with van der Waals surface area (Å²) in [6.07, 6.45) is 1.01. The van der Waals surface area contributed by atoms with E-state index in [1.807, 2.05) is 66.7 Å². The molecule has 34 heavy (non-hydrogen) atoms. The molecular formula is C26H27BrN2O4S. The zero-order valence-electron chi connectivity index (χ0n) is 18.7. The number of rotatable bonds is 8. The minimum Gasteiger partial charge on any atom is -0.489 e. The molecule has 0 saturated carbocycles. The van der Waals surface area contributed by atoms with E-state index in [1.165, 1.54) is 4.31 Å². The van der Waals surface area contributed by atoms with Gasteiger partial charge in [0, 0.05) is 29.2 Å². The van der Waals surface area contributed by atoms with Crippen molar-refractivity contribution in [2.75, 3.05) is 18.4 Å². The van der Waals surface area contributed by atoms with Crippen LogP contribution in [0.2, 0.25) is 0 Å². The molecule has 6 nitrogen and oxygen atoms in total. The number of carbonyl (C=O) groups is 1. The fourth-order valence-corrected chi connectivity index (χ4v) is 5.73. The first-order chi connectivity index (χ1) is 16.4. The van der Waals surface area contributed by atoms with Gasteiger partial charge in [0.2, 0.25) is 15.9 Å². The molecule has 3 aromatic carbocycles. The van der Waals surface area contributed by atoms with Crippen molar-refractivity contribution in [1.29, 1.82) is 0 Å². The van der Waals surface area contributed by atoms with Crippen LogP contribution in [0.15, 0.2) is 83.3 Å². The Morgan fingerprint density at radius 2 is 1.56 bits per heavy atom. The first-order valence-electron chi connectivity index (χ1n) is 11.2. The van der Waals surface area contributed by atoms with Crippen molar-refractivity contribution in [3.8, 4) is 5.75 Å². The van der Waals surface area contributed by atoms with E-state index in [-0.39, 0.29) is 17.6 Å². The van der Waals surface area contributed by atoms with E-state index in [2.05, 4.69) is 21.2 Å². The average Bonchev–Trinajstić information content (AvgIpc) is 2.85. The molecule has 0 aliphatic carbocycles. The number of nitrogens with zero attached hydrogens (tertiary/aromatic N) is 1. The van der Waals surface area contributed by atoms with Crippen molar-refractivity contribution in [2.24, 2.45) is 5.92 Å². The minimum absolute atomic E-state index is 0.0319. The first kappa shape index (κ1) is 24.4. The lowest BCUT2D eigenvalue weighted by Crippen LogP contribution is -2.41. The van der Waals surface area contributed by atoms with E-state index >= 15 is 0 Å². The Kier molecular flexibility index (Phi) is 8.03. The van der Waals surface area contributed by atoms with Crippen LogP contribution in [0, 0.1) is 5.92 Å². The van der Waals surface area contributed by atoms with Crippen molar-refractivity contribution < 1.29 is 17.9 Å². The van der Waals surface area contributed by atoms with Gasteiger partial charge in [-0.2, -0.15) is 0 Å². The maximum atomic E-state index is 12.8. The standard InChI is InChI=1S/C26H27BrN2O4S/c27-23-8-6-21(7-9-23)19-34(31,32)29-16-14-22(15-17-29)26(30)28-24-10-12-25(13-11-24)33-18-20-4-2-1-3-5-20/h1-13,22H,14-19H2,(H,28,30). The average molecular weight is 543 g/mol. The number of halogens is 1. The van der Waals surface area contributed by atoms with Crippen LogP contribution in [0.3, 0.4) is 0 Å². The number of sulfonamides is 1. The van der Waals surface area contributed by atoms with Crippen molar-refractivity contribution in [1.82, 2.24) is 4.31 Å². The molecule has 4 rings (SSSR count). The van der Waals surface area contributed by atoms with E-state index in [1.54, 1.807) is 12.1 Å². The van der Waals surface area contributed by atoms with E-state index < -0.39 is 10.0 Å². The number of amides is 1. The number of hydrogen-bond donors (Lipinski definition) is 1. The summed E-state index contributed by atoms with van der Waals surface area (Å²) in [4.78, 5) is 12.7. The van der Waals surface area contributed by atoms with Gasteiger partial charge in [0.15, 0.2) is 0 Å². The summed E-state index contributed by atoms with van der Waals surface area (Å²) in [5.74, 6) is 0.401. The monoisotopic (exact) mass is 542 g/mol. The number of anilines is 1. The number of carbonyl (C=O) groups excluding carboxylic acids is 1. The summed E-state index contributed by atoms with van der Waals surface area (Å²) in [6.45, 7) is 1.18. The molecule has 178 valence electrons. The van der Waals surface area contributed by atoms with Crippen LogP contribution in [-0.2, 0) is 27.2 Å². The lowest BCUT2D eigenvalue weighted by atomic mass is 9.97. The number of hydrogen-bond acceptors (Lipinski definition) is 4. The second kappa shape index (κ2) is 11.2. The van der Waals surface area contributed by atoms with Crippen molar-refractivity contribution in [2.45, 2.75) is 25.2 Å². The molecule has 0 unspecified atom stereocenters. The van der Waals surface area contributed by atoms with Crippen molar-refractivity contribution in [3.05, 3.63) is 94.5 Å². The smallest absolute Gasteiger partial charge is 0.227 e. The third-order valence-electron chi connectivity index (χ3n) is 5.85. The molecule has 1 N–H and O–H groups in total. The predicted octanol–water partition coefficient (Wildman–Crippen LogP) is 5.21. The van der Waals surface area contributed by atoms with Gasteiger partial charge in [-0.25, -0.2) is 12.7 Å². The highest BCUT2D eigenvalue weighted by Crippen LogP contribution is 2.24. The van der Waals surface area contributed by atoms with Crippen LogP contribution in [0.5, 0.6) is 5.75 Å². The quantitative estimate of drug-likeness (QED) is 0.424. The number of piperidine rings is 1. The van der Waals surface area contributed by atoms with Gasteiger partial charge in [-0.05, 0) is 60.4 Å². The predicted molar refractivity (Wildman–Crippen MR) is 137 cm³/mol. The third-order valence-corrected chi connectivity index (χ3v) is 8.23. The van der Waals surface area contributed by atoms with Crippen LogP contribution in [0.1, 0.15) is 24.0 Å². The van der Waals surface area contributed by atoms with Crippen LogP contribution >= 0.6 is 15.9 Å². The zero-order valence-corrected chi connectivity index (χ0v) is 21.1. The molecule has 0 radical (unpaired) electrons. The van der Waals surface area contributed by atoms with Gasteiger partial charge in [0.1, 0.15) is 12.4 Å². The van der Waals surface area contributed by atoms with Gasteiger partial charge < -0.3 is 10.1 Å². The van der Waals surface area contributed by atoms with Gasteiger partial charge >= 0.3 is 0 Å². The minimum atomic E-state index is -3.42. The SMILES string of the molecule is O=C(Nc1ccc(OCc2ccccc2)cc1)C1CCN(S(=O)(=O)Cc2ccc(Br)cc2)CC1. The van der Waals surface area contributed by atoms with Gasteiger partial charge in [0.05, 0.1) is 5.75 Å². The second-order valence-corrected chi connectivity index (χ2v) is 11.2. The van der Waals surface area contributed by atoms with Gasteiger partial charge in [-0.3, -0.25) is 4.79 Å². The van der Waals surface area contributed by atoms with Crippen molar-refractivity contribution in [3.63, 3.8) is 0 Å². The molecule has 1 saturated heterocycles. The molecule has 8 heteroatoms. The summed E-state index contributed by atoms with van der Waals surface area (Å²) >= 11 is 3.36. The van der Waals surface area contributed by atoms with Crippen molar-refractivity contribution >= 4 is 37.5 Å². The maximum absolute atomic E-state index is 12.8. The molecule has 1 amide bonds. The molecule has 0 aromatic heterocycles. The Hall–Kier alpha value is -2.68. The summed E-state index contributed by atoms with van der Waals surface area (Å²) in [5.41, 5.74) is 2.53. The highest BCUT2D eigenvalue weighted by Gasteiger charge is 2.31. The second-order valence-electron chi connectivity index (χ2n) is 8.34. The van der Waals surface area contributed by atoms with E-state index in [0.29, 0.717) is 38.2 Å². The Morgan fingerprint density at radius 1 is 0.912 bits per heavy atom. The summed E-state index contributed by atoms with van der Waals surface area (Å²) in [7, 11) is -3.42. The van der Waals surface area contributed by atoms with Gasteiger partial charge in [0.25, 0.3) is 0 Å².